The van der Waals surface area contributed by atoms with Gasteiger partial charge in [0.1, 0.15) is 11.9 Å². The Morgan fingerprint density at radius 1 is 1.03 bits per heavy atom. The number of phenolic OH excluding ortho intramolecular Hbond substituents is 1. The van der Waals surface area contributed by atoms with Crippen LogP contribution in [-0.2, 0) is 9.53 Å². The Morgan fingerprint density at radius 3 is 2.43 bits per heavy atom. The summed E-state index contributed by atoms with van der Waals surface area (Å²) in [6.07, 6.45) is 6.00. The summed E-state index contributed by atoms with van der Waals surface area (Å²) in [5.74, 6) is -0.125. The number of allylic oxidation sites excluding steroid dienone is 1. The summed E-state index contributed by atoms with van der Waals surface area (Å²) >= 11 is 1.62. The largest absolute Gasteiger partial charge is 0.508 e. The maximum absolute atomic E-state index is 12.5. The van der Waals surface area contributed by atoms with Gasteiger partial charge in [-0.15, -0.1) is 11.8 Å². The summed E-state index contributed by atoms with van der Waals surface area (Å²) in [5, 5.41) is 15.1. The van der Waals surface area contributed by atoms with Gasteiger partial charge in [-0.3, -0.25) is 10.1 Å². The summed E-state index contributed by atoms with van der Waals surface area (Å²) < 4.78 is 5.70. The molecule has 1 atom stereocenters. The number of unbranched alkanes of at least 4 members (excludes halogenated alkanes) is 1. The van der Waals surface area contributed by atoms with Crippen molar-refractivity contribution in [1.82, 2.24) is 0 Å². The Hall–Kier alpha value is -3.91. The molecule has 7 nitrogen and oxygen atoms in total. The fraction of sp³-hybridized carbons (Fsp3) is 0.185. The van der Waals surface area contributed by atoms with E-state index in [4.69, 9.17) is 10.5 Å². The summed E-state index contributed by atoms with van der Waals surface area (Å²) in [7, 11) is 0. The second-order valence-corrected chi connectivity index (χ2v) is 8.63. The van der Waals surface area contributed by atoms with Crippen molar-refractivity contribution in [3.05, 3.63) is 90.5 Å². The third-order valence-electron chi connectivity index (χ3n) is 5.18. The number of para-hydroxylation sites is 2. The minimum Gasteiger partial charge on any atom is -0.508 e. The third-order valence-corrected chi connectivity index (χ3v) is 5.92. The first-order valence-corrected chi connectivity index (χ1v) is 12.4. The van der Waals surface area contributed by atoms with Crippen molar-refractivity contribution >= 4 is 40.8 Å². The lowest BCUT2D eigenvalue weighted by atomic mass is 10.0. The van der Waals surface area contributed by atoms with Gasteiger partial charge in [0.2, 0.25) is 5.91 Å². The molecule has 0 aromatic heterocycles. The Bertz CT molecular complexity index is 1150. The number of anilines is 3. The normalized spacial score (nSPS) is 11.7. The van der Waals surface area contributed by atoms with Crippen LogP contribution in [0.1, 0.15) is 30.9 Å². The lowest BCUT2D eigenvalue weighted by Gasteiger charge is -2.19. The van der Waals surface area contributed by atoms with Crippen molar-refractivity contribution in [2.45, 2.75) is 30.3 Å². The Balaban J connectivity index is 1.54. The van der Waals surface area contributed by atoms with E-state index in [2.05, 4.69) is 10.6 Å². The molecule has 0 fully saturated rings. The number of hydrogen-bond donors (Lipinski definition) is 4. The molecular weight excluding hydrogens is 462 g/mol. The van der Waals surface area contributed by atoms with Gasteiger partial charge in [0.05, 0.1) is 11.4 Å². The topological polar surface area (TPSA) is 114 Å². The third kappa shape index (κ3) is 8.42. The molecule has 35 heavy (non-hydrogen) atoms. The number of ether oxygens (including phenoxy) is 1. The molecule has 0 saturated heterocycles. The van der Waals surface area contributed by atoms with Gasteiger partial charge in [-0.25, -0.2) is 4.79 Å². The Kier molecular flexibility index (Phi) is 9.62. The van der Waals surface area contributed by atoms with Crippen molar-refractivity contribution in [2.24, 2.45) is 0 Å². The van der Waals surface area contributed by atoms with Gasteiger partial charge in [-0.1, -0.05) is 30.3 Å². The molecule has 5 N–H and O–H groups in total. The molecule has 0 aliphatic carbocycles. The molecular formula is C27H29N3O4S. The van der Waals surface area contributed by atoms with E-state index in [1.54, 1.807) is 66.4 Å². The summed E-state index contributed by atoms with van der Waals surface area (Å²) in [6, 6.07) is 21.1. The molecule has 3 aromatic rings. The van der Waals surface area contributed by atoms with Crippen LogP contribution in [0.5, 0.6) is 5.75 Å². The number of carbonyl (C=O) groups is 2. The van der Waals surface area contributed by atoms with Gasteiger partial charge < -0.3 is 20.9 Å². The molecule has 0 aliphatic rings. The molecule has 0 saturated carbocycles. The molecule has 0 bridgehead atoms. The molecule has 3 aromatic carbocycles. The Morgan fingerprint density at radius 2 is 1.74 bits per heavy atom. The molecule has 0 unspecified atom stereocenters. The van der Waals surface area contributed by atoms with Crippen molar-refractivity contribution in [3.8, 4) is 5.75 Å². The van der Waals surface area contributed by atoms with Crippen molar-refractivity contribution in [3.63, 3.8) is 0 Å². The fourth-order valence-electron chi connectivity index (χ4n) is 3.33. The SMILES string of the molecule is CSc1ccc(NC(=O)O[C@H](CCC/C=C/C(=O)Nc2ccccc2N)c2ccc(O)cc2)cc1. The number of phenols is 1. The maximum Gasteiger partial charge on any atom is 0.412 e. The number of amides is 2. The van der Waals surface area contributed by atoms with Crippen LogP contribution in [0.15, 0.2) is 89.8 Å². The first-order valence-electron chi connectivity index (χ1n) is 11.2. The van der Waals surface area contributed by atoms with Crippen LogP contribution >= 0.6 is 11.8 Å². The van der Waals surface area contributed by atoms with Crippen molar-refractivity contribution < 1.29 is 19.4 Å². The van der Waals surface area contributed by atoms with Crippen LogP contribution in [0.3, 0.4) is 0 Å². The number of thioether (sulfide) groups is 1. The highest BCUT2D eigenvalue weighted by atomic mass is 32.2. The first kappa shape index (κ1) is 25.7. The van der Waals surface area contributed by atoms with E-state index in [-0.39, 0.29) is 11.7 Å². The number of aromatic hydroxyl groups is 1. The average Bonchev–Trinajstić information content (AvgIpc) is 2.85. The number of benzene rings is 3. The van der Waals surface area contributed by atoms with E-state index >= 15 is 0 Å². The van der Waals surface area contributed by atoms with E-state index in [1.807, 2.05) is 30.5 Å². The minimum absolute atomic E-state index is 0.138. The number of nitrogens with two attached hydrogens (primary N) is 1. The van der Waals surface area contributed by atoms with Gasteiger partial charge >= 0.3 is 6.09 Å². The summed E-state index contributed by atoms with van der Waals surface area (Å²) in [4.78, 5) is 25.7. The van der Waals surface area contributed by atoms with E-state index in [0.29, 0.717) is 36.3 Å². The predicted octanol–water partition coefficient (Wildman–Crippen LogP) is 6.35. The Labute approximate surface area is 209 Å². The van der Waals surface area contributed by atoms with Crippen LogP contribution in [0.4, 0.5) is 21.9 Å². The lowest BCUT2D eigenvalue weighted by Crippen LogP contribution is -2.17. The number of rotatable bonds is 10. The fourth-order valence-corrected chi connectivity index (χ4v) is 3.74. The van der Waals surface area contributed by atoms with Crippen LogP contribution < -0.4 is 16.4 Å². The summed E-state index contributed by atoms with van der Waals surface area (Å²) in [6.45, 7) is 0. The molecule has 0 spiro atoms. The highest BCUT2D eigenvalue weighted by Gasteiger charge is 2.17. The van der Waals surface area contributed by atoms with Crippen LogP contribution in [0.2, 0.25) is 0 Å². The molecule has 8 heteroatoms. The number of carbonyl (C=O) groups excluding carboxylic acids is 2. The van der Waals surface area contributed by atoms with Gasteiger partial charge in [0, 0.05) is 10.6 Å². The van der Waals surface area contributed by atoms with Gasteiger partial charge in [-0.2, -0.15) is 0 Å². The second-order valence-electron chi connectivity index (χ2n) is 7.75. The molecule has 3 rings (SSSR count). The van der Waals surface area contributed by atoms with Crippen LogP contribution in [0.25, 0.3) is 0 Å². The monoisotopic (exact) mass is 491 g/mol. The lowest BCUT2D eigenvalue weighted by molar-refractivity contribution is -0.111. The van der Waals surface area contributed by atoms with E-state index in [9.17, 15) is 14.7 Å². The zero-order valence-electron chi connectivity index (χ0n) is 19.4. The van der Waals surface area contributed by atoms with E-state index in [1.165, 1.54) is 6.08 Å². The number of nitrogen functional groups attached to an aromatic ring is 1. The standard InChI is InChI=1S/C27H29N3O4S/c1-35-22-17-13-20(14-18-22)29-27(33)34-25(19-11-15-21(31)16-12-19)9-3-2-4-10-26(32)30-24-8-6-5-7-23(24)28/h4-8,10-18,25,31H,2-3,9,28H2,1H3,(H,29,33)(H,30,32)/b10-4+/t25-/m1/s1. The van der Waals surface area contributed by atoms with Crippen LogP contribution in [-0.4, -0.2) is 23.4 Å². The van der Waals surface area contributed by atoms with Crippen LogP contribution in [0, 0.1) is 0 Å². The average molecular weight is 492 g/mol. The molecule has 2 amide bonds. The molecule has 182 valence electrons. The number of hydrogen-bond acceptors (Lipinski definition) is 6. The molecule has 0 aliphatic heterocycles. The quantitative estimate of drug-likeness (QED) is 0.114. The maximum atomic E-state index is 12.5. The molecule has 0 radical (unpaired) electrons. The zero-order valence-corrected chi connectivity index (χ0v) is 20.3. The van der Waals surface area contributed by atoms with E-state index in [0.717, 1.165) is 10.5 Å². The second kappa shape index (κ2) is 13.1. The highest BCUT2D eigenvalue weighted by Crippen LogP contribution is 2.26. The highest BCUT2D eigenvalue weighted by molar-refractivity contribution is 7.98. The smallest absolute Gasteiger partial charge is 0.412 e. The van der Waals surface area contributed by atoms with Crippen molar-refractivity contribution in [1.29, 1.82) is 0 Å². The van der Waals surface area contributed by atoms with Crippen molar-refractivity contribution in [2.75, 3.05) is 22.6 Å². The van der Waals surface area contributed by atoms with E-state index < -0.39 is 12.2 Å². The zero-order chi connectivity index (χ0) is 25.0. The first-order chi connectivity index (χ1) is 16.9. The molecule has 0 heterocycles. The minimum atomic E-state index is -0.560. The van der Waals surface area contributed by atoms with Gasteiger partial charge in [0.15, 0.2) is 0 Å². The van der Waals surface area contributed by atoms with Gasteiger partial charge in [-0.05, 0) is 85.7 Å². The summed E-state index contributed by atoms with van der Waals surface area (Å²) in [5.41, 5.74) is 8.33. The number of nitrogens with one attached hydrogen (secondary N) is 2. The predicted molar refractivity (Wildman–Crippen MR) is 142 cm³/mol. The van der Waals surface area contributed by atoms with Gasteiger partial charge in [0.25, 0.3) is 0 Å².